The maximum Gasteiger partial charge on any atom is 0.257 e. The third-order valence-electron chi connectivity index (χ3n) is 5.16. The monoisotopic (exact) mass is 468 g/mol. The summed E-state index contributed by atoms with van der Waals surface area (Å²) in [4.78, 5) is 45.3. The Morgan fingerprint density at radius 1 is 1.22 bits per heavy atom. The normalized spacial score (nSPS) is 15.1. The number of anilines is 2. The third-order valence-corrected chi connectivity index (χ3v) is 6.34. The van der Waals surface area contributed by atoms with E-state index in [1.807, 2.05) is 32.0 Å². The van der Waals surface area contributed by atoms with Crippen molar-refractivity contribution in [1.29, 1.82) is 0 Å². The van der Waals surface area contributed by atoms with E-state index >= 15 is 0 Å². The van der Waals surface area contributed by atoms with Crippen molar-refractivity contribution in [2.24, 2.45) is 0 Å². The van der Waals surface area contributed by atoms with Crippen LogP contribution in [0.15, 0.2) is 52.4 Å². The van der Waals surface area contributed by atoms with Crippen LogP contribution in [0, 0.1) is 13.8 Å². The predicted octanol–water partition coefficient (Wildman–Crippen LogP) is 4.40. The summed E-state index contributed by atoms with van der Waals surface area (Å²) in [5, 5.41) is 6.27. The summed E-state index contributed by atoms with van der Waals surface area (Å²) in [7, 11) is 0. The van der Waals surface area contributed by atoms with Gasteiger partial charge in [0.1, 0.15) is 5.82 Å². The second kappa shape index (κ2) is 9.18. The van der Waals surface area contributed by atoms with Crippen molar-refractivity contribution in [1.82, 2.24) is 9.97 Å². The maximum absolute atomic E-state index is 13.0. The number of thioether (sulfide) groups is 1. The first-order valence-corrected chi connectivity index (χ1v) is 11.4. The fourth-order valence-corrected chi connectivity index (χ4v) is 4.52. The number of hydrogen-bond acceptors (Lipinski definition) is 5. The van der Waals surface area contributed by atoms with E-state index in [1.165, 1.54) is 11.8 Å². The van der Waals surface area contributed by atoms with E-state index in [4.69, 9.17) is 11.6 Å². The molecule has 0 radical (unpaired) electrons. The molecule has 32 heavy (non-hydrogen) atoms. The lowest BCUT2D eigenvalue weighted by atomic mass is 9.92. The van der Waals surface area contributed by atoms with E-state index in [0.29, 0.717) is 21.6 Å². The summed E-state index contributed by atoms with van der Waals surface area (Å²) < 4.78 is 0. The number of H-pyrrole nitrogens is 1. The fourth-order valence-electron chi connectivity index (χ4n) is 3.55. The second-order valence-electron chi connectivity index (χ2n) is 7.66. The van der Waals surface area contributed by atoms with Crippen LogP contribution < -0.4 is 16.2 Å². The minimum Gasteiger partial charge on any atom is -0.325 e. The van der Waals surface area contributed by atoms with E-state index < -0.39 is 17.4 Å². The van der Waals surface area contributed by atoms with Gasteiger partial charge in [-0.25, -0.2) is 4.98 Å². The lowest BCUT2D eigenvalue weighted by Crippen LogP contribution is -2.36. The molecule has 4 rings (SSSR count). The molecule has 2 aromatic carbocycles. The molecule has 1 aliphatic rings. The lowest BCUT2D eigenvalue weighted by molar-refractivity contribution is -0.123. The second-order valence-corrected chi connectivity index (χ2v) is 9.06. The largest absolute Gasteiger partial charge is 0.325 e. The number of hydrogen-bond donors (Lipinski definition) is 3. The molecule has 1 unspecified atom stereocenters. The minimum absolute atomic E-state index is 0.125. The topological polar surface area (TPSA) is 104 Å². The Morgan fingerprint density at radius 3 is 2.81 bits per heavy atom. The molecule has 1 atom stereocenters. The Balaban J connectivity index is 1.59. The Labute approximate surface area is 194 Å². The first kappa shape index (κ1) is 22.1. The zero-order chi connectivity index (χ0) is 22.8. The van der Waals surface area contributed by atoms with Crippen LogP contribution in [0.5, 0.6) is 0 Å². The van der Waals surface area contributed by atoms with Gasteiger partial charge in [0.25, 0.3) is 5.56 Å². The highest BCUT2D eigenvalue weighted by Crippen LogP contribution is 2.31. The average molecular weight is 469 g/mol. The number of carbonyl (C=O) groups is 2. The number of nitrogens with one attached hydrogen (secondary N) is 3. The molecule has 0 fully saturated rings. The van der Waals surface area contributed by atoms with Crippen LogP contribution in [0.3, 0.4) is 0 Å². The van der Waals surface area contributed by atoms with Crippen molar-refractivity contribution < 1.29 is 9.59 Å². The number of benzene rings is 2. The van der Waals surface area contributed by atoms with E-state index in [-0.39, 0.29) is 23.7 Å². The molecule has 0 saturated carbocycles. The summed E-state index contributed by atoms with van der Waals surface area (Å²) in [6.45, 7) is 3.85. The van der Waals surface area contributed by atoms with Gasteiger partial charge in [-0.1, -0.05) is 59.3 Å². The van der Waals surface area contributed by atoms with Crippen LogP contribution in [0.1, 0.15) is 34.6 Å². The van der Waals surface area contributed by atoms with Crippen molar-refractivity contribution in [2.75, 3.05) is 10.6 Å². The highest BCUT2D eigenvalue weighted by molar-refractivity contribution is 7.98. The van der Waals surface area contributed by atoms with Crippen LogP contribution in [0.2, 0.25) is 5.02 Å². The highest BCUT2D eigenvalue weighted by Gasteiger charge is 2.35. The van der Waals surface area contributed by atoms with E-state index in [0.717, 1.165) is 16.7 Å². The van der Waals surface area contributed by atoms with Gasteiger partial charge in [-0.2, -0.15) is 0 Å². The van der Waals surface area contributed by atoms with E-state index in [9.17, 15) is 14.4 Å². The van der Waals surface area contributed by atoms with Crippen molar-refractivity contribution in [2.45, 2.75) is 37.1 Å². The molecular formula is C23H21ClN4O3S. The van der Waals surface area contributed by atoms with Gasteiger partial charge in [-0.05, 0) is 37.1 Å². The van der Waals surface area contributed by atoms with E-state index in [2.05, 4.69) is 26.7 Å². The van der Waals surface area contributed by atoms with Crippen LogP contribution in [-0.2, 0) is 15.3 Å². The Kier molecular flexibility index (Phi) is 6.34. The molecule has 0 bridgehead atoms. The number of halogens is 1. The van der Waals surface area contributed by atoms with Gasteiger partial charge in [0, 0.05) is 22.9 Å². The molecule has 3 aromatic rings. The van der Waals surface area contributed by atoms with Gasteiger partial charge >= 0.3 is 0 Å². The Bertz CT molecular complexity index is 1270. The lowest BCUT2D eigenvalue weighted by Gasteiger charge is -2.24. The molecule has 3 N–H and O–H groups in total. The van der Waals surface area contributed by atoms with Gasteiger partial charge in [0.15, 0.2) is 5.16 Å². The third kappa shape index (κ3) is 4.87. The molecule has 1 aromatic heterocycles. The van der Waals surface area contributed by atoms with Crippen LogP contribution in [-0.4, -0.2) is 21.8 Å². The predicted molar refractivity (Wildman–Crippen MR) is 126 cm³/mol. The molecule has 0 saturated heterocycles. The molecule has 164 valence electrons. The quantitative estimate of drug-likeness (QED) is 0.380. The maximum atomic E-state index is 13.0. The van der Waals surface area contributed by atoms with Gasteiger partial charge in [-0.3, -0.25) is 14.4 Å². The summed E-state index contributed by atoms with van der Waals surface area (Å²) in [6.07, 6.45) is -0.140. The molecular weight excluding hydrogens is 448 g/mol. The number of aromatic amines is 1. The zero-order valence-electron chi connectivity index (χ0n) is 17.5. The highest BCUT2D eigenvalue weighted by atomic mass is 35.5. The first-order chi connectivity index (χ1) is 15.3. The number of aryl methyl sites for hydroxylation is 2. The Morgan fingerprint density at radius 2 is 2.03 bits per heavy atom. The molecule has 9 heteroatoms. The van der Waals surface area contributed by atoms with Gasteiger partial charge in [0.05, 0.1) is 11.5 Å². The number of rotatable bonds is 5. The van der Waals surface area contributed by atoms with Gasteiger partial charge in [0.2, 0.25) is 11.8 Å². The van der Waals surface area contributed by atoms with Gasteiger partial charge < -0.3 is 15.6 Å². The summed E-state index contributed by atoms with van der Waals surface area (Å²) >= 11 is 7.39. The summed E-state index contributed by atoms with van der Waals surface area (Å²) in [5.74, 6) is -1.05. The van der Waals surface area contributed by atoms with Crippen molar-refractivity contribution in [3.63, 3.8) is 0 Å². The van der Waals surface area contributed by atoms with Crippen molar-refractivity contribution >= 4 is 46.7 Å². The fraction of sp³-hybridized carbons (Fsp3) is 0.217. The van der Waals surface area contributed by atoms with Crippen molar-refractivity contribution in [3.8, 4) is 0 Å². The molecule has 0 spiro atoms. The number of nitrogens with zero attached hydrogens (tertiary/aromatic N) is 1. The standard InChI is InChI=1S/C23H21ClN4O3S/c1-12-4-3-5-14(8-12)11-32-23-27-20-19(22(31)28-23)16(10-18(29)26-20)21(30)25-17-9-15(24)7-6-13(17)2/h3-9,16H,10-11H2,1-2H3,(H,25,30)(H2,26,27,28,29,31). The molecule has 0 aliphatic carbocycles. The number of carbonyl (C=O) groups excluding carboxylic acids is 2. The van der Waals surface area contributed by atoms with Crippen molar-refractivity contribution in [3.05, 3.63) is 80.1 Å². The van der Waals surface area contributed by atoms with Crippen LogP contribution in [0.25, 0.3) is 0 Å². The Hall–Kier alpha value is -3.10. The zero-order valence-corrected chi connectivity index (χ0v) is 19.1. The summed E-state index contributed by atoms with van der Waals surface area (Å²) in [5.41, 5.74) is 3.30. The SMILES string of the molecule is Cc1cccc(CSc2nc3c(c(=O)[nH]2)C(C(=O)Nc2cc(Cl)ccc2C)CC(=O)N3)c1. The number of fused-ring (bicyclic) bond motifs is 1. The number of aromatic nitrogens is 2. The van der Waals surface area contributed by atoms with Crippen LogP contribution in [0.4, 0.5) is 11.5 Å². The molecule has 2 amide bonds. The van der Waals surface area contributed by atoms with E-state index in [1.54, 1.807) is 18.2 Å². The molecule has 2 heterocycles. The molecule has 1 aliphatic heterocycles. The number of amides is 2. The first-order valence-electron chi connectivity index (χ1n) is 9.99. The minimum atomic E-state index is -0.954. The van der Waals surface area contributed by atoms with Crippen LogP contribution >= 0.6 is 23.4 Å². The molecule has 7 nitrogen and oxygen atoms in total. The summed E-state index contributed by atoms with van der Waals surface area (Å²) in [6, 6.07) is 13.2. The van der Waals surface area contributed by atoms with Gasteiger partial charge in [-0.15, -0.1) is 0 Å². The average Bonchev–Trinajstić information content (AvgIpc) is 2.74. The smallest absolute Gasteiger partial charge is 0.257 e.